The highest BCUT2D eigenvalue weighted by molar-refractivity contribution is 6.06. The Bertz CT molecular complexity index is 907. The molecule has 2 saturated heterocycles. The van der Waals surface area contributed by atoms with E-state index in [4.69, 9.17) is 0 Å². The van der Waals surface area contributed by atoms with E-state index in [1.807, 2.05) is 40.3 Å². The predicted molar refractivity (Wildman–Crippen MR) is 106 cm³/mol. The highest BCUT2D eigenvalue weighted by Crippen LogP contribution is 2.42. The summed E-state index contributed by atoms with van der Waals surface area (Å²) in [7, 11) is 0. The molecule has 28 heavy (non-hydrogen) atoms. The number of aromatic amines is 1. The lowest BCUT2D eigenvalue weighted by molar-refractivity contribution is -0.156. The van der Waals surface area contributed by atoms with Gasteiger partial charge in [-0.05, 0) is 56.2 Å². The van der Waals surface area contributed by atoms with E-state index in [-0.39, 0.29) is 11.8 Å². The molecule has 1 saturated carbocycles. The molecule has 6 nitrogen and oxygen atoms in total. The number of nitrogens with zero attached hydrogens (tertiary/aromatic N) is 2. The van der Waals surface area contributed by atoms with Gasteiger partial charge in [0.15, 0.2) is 0 Å². The molecule has 1 spiro atoms. The fourth-order valence-electron chi connectivity index (χ4n) is 5.04. The maximum Gasteiger partial charge on any atom is 0.254 e. The average Bonchev–Trinajstić information content (AvgIpc) is 3.38. The first kappa shape index (κ1) is 17.7. The molecule has 1 aliphatic carbocycles. The van der Waals surface area contributed by atoms with Crippen LogP contribution in [-0.2, 0) is 4.79 Å². The number of H-pyrrole nitrogens is 1. The summed E-state index contributed by atoms with van der Waals surface area (Å²) in [4.78, 5) is 33.2. The number of aliphatic hydroxyl groups excluding tert-OH is 1. The second-order valence-corrected chi connectivity index (χ2v) is 8.83. The first-order chi connectivity index (χ1) is 13.6. The number of benzene rings is 1. The normalized spacial score (nSPS) is 24.9. The van der Waals surface area contributed by atoms with Crippen molar-refractivity contribution in [3.05, 3.63) is 36.0 Å². The zero-order valence-electron chi connectivity index (χ0n) is 16.1. The molecule has 2 aromatic rings. The number of β-amino-alcohol motifs (C(OH)–C–C–N with tert-alkyl or cyclic N) is 1. The quantitative estimate of drug-likeness (QED) is 0.857. The minimum absolute atomic E-state index is 0.0266. The molecule has 3 heterocycles. The molecule has 3 fully saturated rings. The summed E-state index contributed by atoms with van der Waals surface area (Å²) in [6, 6.07) is 7.67. The molecule has 2 amide bonds. The van der Waals surface area contributed by atoms with Gasteiger partial charge in [-0.15, -0.1) is 0 Å². The van der Waals surface area contributed by atoms with E-state index < -0.39 is 11.5 Å². The summed E-state index contributed by atoms with van der Waals surface area (Å²) in [5, 5.41) is 11.4. The highest BCUT2D eigenvalue weighted by Gasteiger charge is 2.49. The van der Waals surface area contributed by atoms with Crippen LogP contribution in [0.2, 0.25) is 0 Å². The number of rotatable bonds is 3. The van der Waals surface area contributed by atoms with Gasteiger partial charge in [0, 0.05) is 48.8 Å². The zero-order valence-corrected chi connectivity index (χ0v) is 16.1. The second kappa shape index (κ2) is 6.62. The van der Waals surface area contributed by atoms with Crippen LogP contribution >= 0.6 is 0 Å². The maximum atomic E-state index is 13.2. The van der Waals surface area contributed by atoms with Crippen LogP contribution in [-0.4, -0.2) is 64.0 Å². The molecule has 1 atom stereocenters. The number of amides is 2. The Morgan fingerprint density at radius 3 is 2.75 bits per heavy atom. The number of hydrogen-bond donors (Lipinski definition) is 2. The van der Waals surface area contributed by atoms with E-state index in [1.54, 1.807) is 0 Å². The number of fused-ring (bicyclic) bond motifs is 1. The van der Waals surface area contributed by atoms with Crippen LogP contribution in [0.4, 0.5) is 0 Å². The van der Waals surface area contributed by atoms with Gasteiger partial charge >= 0.3 is 0 Å². The zero-order chi connectivity index (χ0) is 19.3. The molecule has 0 bridgehead atoms. The fraction of sp³-hybridized carbons (Fsp3) is 0.545. The first-order valence-electron chi connectivity index (χ1n) is 10.4. The molecule has 3 aliphatic rings. The Morgan fingerprint density at radius 1 is 1.21 bits per heavy atom. The van der Waals surface area contributed by atoms with E-state index in [0.29, 0.717) is 50.4 Å². The standard InChI is InChI=1S/C22H27N3O3/c26-16-12-22(21(28)25(14-16)13-15-4-5-15)7-10-24(11-8-22)20(27)18-2-1-3-19-17(18)6-9-23-19/h1-3,6,9,15-16,23,26H,4-5,7-8,10-14H2. The van der Waals surface area contributed by atoms with Crippen molar-refractivity contribution in [3.8, 4) is 0 Å². The Kier molecular flexibility index (Phi) is 4.19. The summed E-state index contributed by atoms with van der Waals surface area (Å²) in [6.45, 7) is 2.38. The van der Waals surface area contributed by atoms with Gasteiger partial charge in [-0.25, -0.2) is 0 Å². The third kappa shape index (κ3) is 3.00. The SMILES string of the molecule is O=C(c1cccc2[nH]ccc12)N1CCC2(CC1)CC(O)CN(CC1CC1)C2=O. The maximum absolute atomic E-state index is 13.2. The fourth-order valence-corrected chi connectivity index (χ4v) is 5.04. The Morgan fingerprint density at radius 2 is 2.00 bits per heavy atom. The van der Waals surface area contributed by atoms with Crippen LogP contribution in [0, 0.1) is 11.3 Å². The van der Waals surface area contributed by atoms with Crippen molar-refractivity contribution in [2.24, 2.45) is 11.3 Å². The lowest BCUT2D eigenvalue weighted by Crippen LogP contribution is -2.58. The van der Waals surface area contributed by atoms with Gasteiger partial charge in [-0.3, -0.25) is 9.59 Å². The summed E-state index contributed by atoms with van der Waals surface area (Å²) < 4.78 is 0. The third-order valence-corrected chi connectivity index (χ3v) is 6.81. The number of nitrogens with one attached hydrogen (secondary N) is 1. The van der Waals surface area contributed by atoms with Crippen LogP contribution in [0.5, 0.6) is 0 Å². The molecule has 1 aromatic heterocycles. The number of likely N-dealkylation sites (tertiary alicyclic amines) is 2. The number of aromatic nitrogens is 1. The van der Waals surface area contributed by atoms with Gasteiger partial charge in [0.1, 0.15) is 0 Å². The molecule has 2 aliphatic heterocycles. The molecule has 148 valence electrons. The molecule has 6 heteroatoms. The van der Waals surface area contributed by atoms with Gasteiger partial charge in [-0.2, -0.15) is 0 Å². The van der Waals surface area contributed by atoms with Crippen molar-refractivity contribution in [2.75, 3.05) is 26.2 Å². The van der Waals surface area contributed by atoms with Crippen molar-refractivity contribution in [2.45, 2.75) is 38.2 Å². The summed E-state index contributed by atoms with van der Waals surface area (Å²) in [5.74, 6) is 0.845. The van der Waals surface area contributed by atoms with Gasteiger partial charge in [0.25, 0.3) is 5.91 Å². The molecule has 1 aromatic carbocycles. The van der Waals surface area contributed by atoms with Gasteiger partial charge in [0.2, 0.25) is 5.91 Å². The molecular weight excluding hydrogens is 354 g/mol. The van der Waals surface area contributed by atoms with Crippen molar-refractivity contribution < 1.29 is 14.7 Å². The van der Waals surface area contributed by atoms with E-state index in [1.165, 1.54) is 12.8 Å². The number of hydrogen-bond acceptors (Lipinski definition) is 3. The largest absolute Gasteiger partial charge is 0.391 e. The molecule has 0 radical (unpaired) electrons. The van der Waals surface area contributed by atoms with Crippen LogP contribution in [0.3, 0.4) is 0 Å². The Labute approximate surface area is 164 Å². The van der Waals surface area contributed by atoms with E-state index in [0.717, 1.165) is 17.4 Å². The van der Waals surface area contributed by atoms with Gasteiger partial charge in [0.05, 0.1) is 11.5 Å². The number of piperidine rings is 2. The minimum atomic E-state index is -0.497. The van der Waals surface area contributed by atoms with Crippen molar-refractivity contribution >= 4 is 22.7 Å². The van der Waals surface area contributed by atoms with Crippen molar-refractivity contribution in [1.29, 1.82) is 0 Å². The third-order valence-electron chi connectivity index (χ3n) is 6.81. The average molecular weight is 381 g/mol. The van der Waals surface area contributed by atoms with Crippen LogP contribution in [0.25, 0.3) is 10.9 Å². The monoisotopic (exact) mass is 381 g/mol. The van der Waals surface area contributed by atoms with Crippen LogP contribution < -0.4 is 0 Å². The van der Waals surface area contributed by atoms with Gasteiger partial charge < -0.3 is 19.9 Å². The molecular formula is C22H27N3O3. The minimum Gasteiger partial charge on any atom is -0.391 e. The molecule has 5 rings (SSSR count). The molecule has 2 N–H and O–H groups in total. The van der Waals surface area contributed by atoms with Gasteiger partial charge in [-0.1, -0.05) is 6.07 Å². The van der Waals surface area contributed by atoms with E-state index in [9.17, 15) is 14.7 Å². The Balaban J connectivity index is 1.31. The molecule has 1 unspecified atom stereocenters. The number of carbonyl (C=O) groups excluding carboxylic acids is 2. The lowest BCUT2D eigenvalue weighted by atomic mass is 9.70. The highest BCUT2D eigenvalue weighted by atomic mass is 16.3. The van der Waals surface area contributed by atoms with Crippen molar-refractivity contribution in [3.63, 3.8) is 0 Å². The number of carbonyl (C=O) groups is 2. The van der Waals surface area contributed by atoms with E-state index in [2.05, 4.69) is 4.98 Å². The number of aliphatic hydroxyl groups is 1. The lowest BCUT2D eigenvalue weighted by Gasteiger charge is -2.48. The predicted octanol–water partition coefficient (Wildman–Crippen LogP) is 2.39. The van der Waals surface area contributed by atoms with Crippen molar-refractivity contribution in [1.82, 2.24) is 14.8 Å². The second-order valence-electron chi connectivity index (χ2n) is 8.83. The Hall–Kier alpha value is -2.34. The topological polar surface area (TPSA) is 76.6 Å². The smallest absolute Gasteiger partial charge is 0.254 e. The van der Waals surface area contributed by atoms with Crippen LogP contribution in [0.15, 0.2) is 30.5 Å². The summed E-state index contributed by atoms with van der Waals surface area (Å²) in [6.07, 6.45) is 5.59. The summed E-state index contributed by atoms with van der Waals surface area (Å²) >= 11 is 0. The van der Waals surface area contributed by atoms with Crippen LogP contribution in [0.1, 0.15) is 42.5 Å². The van der Waals surface area contributed by atoms with E-state index >= 15 is 0 Å². The summed E-state index contributed by atoms with van der Waals surface area (Å²) in [5.41, 5.74) is 1.17. The first-order valence-corrected chi connectivity index (χ1v) is 10.4.